The fourth-order valence-corrected chi connectivity index (χ4v) is 2.18. The molecular formula is C18H17NO4. The summed E-state index contributed by atoms with van der Waals surface area (Å²) in [4.78, 5) is 37.1. The summed E-state index contributed by atoms with van der Waals surface area (Å²) in [5, 5.41) is 8.57. The Morgan fingerprint density at radius 3 is 2.39 bits per heavy atom. The molecule has 0 spiro atoms. The molecule has 118 valence electrons. The number of aromatic nitrogens is 1. The highest BCUT2D eigenvalue weighted by atomic mass is 16.4. The van der Waals surface area contributed by atoms with Crippen molar-refractivity contribution in [3.05, 3.63) is 65.0 Å². The molecule has 1 aromatic heterocycles. The maximum Gasteiger partial charge on any atom is 0.372 e. The van der Waals surface area contributed by atoms with E-state index in [4.69, 9.17) is 5.11 Å². The average Bonchev–Trinajstić information content (AvgIpc) is 2.54. The number of nitrogens with zero attached hydrogens (tertiary/aromatic N) is 1. The molecule has 5 heteroatoms. The summed E-state index contributed by atoms with van der Waals surface area (Å²) in [6.07, 6.45) is 2.98. The Morgan fingerprint density at radius 1 is 1.04 bits per heavy atom. The first kappa shape index (κ1) is 16.5. The minimum absolute atomic E-state index is 0.0426. The Morgan fingerprint density at radius 2 is 1.78 bits per heavy atom. The van der Waals surface area contributed by atoms with E-state index in [0.717, 1.165) is 24.0 Å². The first-order chi connectivity index (χ1) is 11.0. The number of pyridine rings is 1. The lowest BCUT2D eigenvalue weighted by Gasteiger charge is -2.05. The molecule has 1 N–H and O–H groups in total. The molecular weight excluding hydrogens is 294 g/mol. The van der Waals surface area contributed by atoms with Crippen LogP contribution in [0.15, 0.2) is 42.6 Å². The van der Waals surface area contributed by atoms with Gasteiger partial charge in [0.1, 0.15) is 0 Å². The Balaban J connectivity index is 1.96. The zero-order valence-electron chi connectivity index (χ0n) is 12.8. The van der Waals surface area contributed by atoms with Crippen molar-refractivity contribution in [1.29, 1.82) is 0 Å². The molecule has 2 aromatic rings. The summed E-state index contributed by atoms with van der Waals surface area (Å²) in [6.45, 7) is 1.54. The van der Waals surface area contributed by atoms with Crippen LogP contribution in [0.5, 0.6) is 0 Å². The Labute approximate surface area is 134 Å². The number of aliphatic carboxylic acids is 1. The van der Waals surface area contributed by atoms with Gasteiger partial charge in [0, 0.05) is 17.5 Å². The van der Waals surface area contributed by atoms with E-state index in [1.165, 1.54) is 0 Å². The fraction of sp³-hybridized carbons (Fsp3) is 0.222. The summed E-state index contributed by atoms with van der Waals surface area (Å²) in [5.41, 5.74) is 3.20. The van der Waals surface area contributed by atoms with Crippen LogP contribution in [-0.4, -0.2) is 27.6 Å². The second kappa shape index (κ2) is 7.45. The number of carbonyl (C=O) groups excluding carboxylic acids is 2. The van der Waals surface area contributed by atoms with Crippen molar-refractivity contribution in [1.82, 2.24) is 4.98 Å². The maximum atomic E-state index is 11.4. The van der Waals surface area contributed by atoms with E-state index in [0.29, 0.717) is 11.3 Å². The Hall–Kier alpha value is -2.82. The Kier molecular flexibility index (Phi) is 5.36. The minimum atomic E-state index is -1.44. The molecule has 0 radical (unpaired) electrons. The molecule has 0 saturated carbocycles. The molecule has 0 aliphatic heterocycles. The van der Waals surface area contributed by atoms with Crippen molar-refractivity contribution in [3.8, 4) is 0 Å². The van der Waals surface area contributed by atoms with Crippen LogP contribution in [-0.2, 0) is 28.9 Å². The van der Waals surface area contributed by atoms with Gasteiger partial charge in [0.25, 0.3) is 0 Å². The van der Waals surface area contributed by atoms with Crippen molar-refractivity contribution in [3.63, 3.8) is 0 Å². The molecule has 0 saturated heterocycles. The summed E-state index contributed by atoms with van der Waals surface area (Å²) in [7, 11) is 0. The van der Waals surface area contributed by atoms with Crippen LogP contribution in [0.2, 0.25) is 0 Å². The largest absolute Gasteiger partial charge is 0.475 e. The van der Waals surface area contributed by atoms with E-state index in [9.17, 15) is 14.4 Å². The van der Waals surface area contributed by atoms with Crippen LogP contribution in [0.25, 0.3) is 0 Å². The van der Waals surface area contributed by atoms with Crippen LogP contribution in [0.4, 0.5) is 0 Å². The van der Waals surface area contributed by atoms with E-state index in [2.05, 4.69) is 4.98 Å². The fourth-order valence-electron chi connectivity index (χ4n) is 2.18. The first-order valence-corrected chi connectivity index (χ1v) is 7.25. The molecule has 5 nitrogen and oxygen atoms in total. The highest BCUT2D eigenvalue weighted by Gasteiger charge is 2.12. The number of aryl methyl sites for hydroxylation is 2. The van der Waals surface area contributed by atoms with Gasteiger partial charge in [0.05, 0.1) is 6.42 Å². The lowest BCUT2D eigenvalue weighted by Crippen LogP contribution is -2.15. The van der Waals surface area contributed by atoms with Crippen molar-refractivity contribution >= 4 is 17.5 Å². The van der Waals surface area contributed by atoms with Crippen LogP contribution in [0, 0.1) is 0 Å². The van der Waals surface area contributed by atoms with Crippen molar-refractivity contribution < 1.29 is 19.5 Å². The van der Waals surface area contributed by atoms with E-state index in [1.54, 1.807) is 25.3 Å². The third kappa shape index (κ3) is 4.85. The van der Waals surface area contributed by atoms with Gasteiger partial charge in [-0.15, -0.1) is 0 Å². The van der Waals surface area contributed by atoms with Crippen LogP contribution < -0.4 is 0 Å². The van der Waals surface area contributed by atoms with Crippen LogP contribution >= 0.6 is 0 Å². The average molecular weight is 311 g/mol. The lowest BCUT2D eigenvalue weighted by molar-refractivity contribution is -0.148. The molecule has 0 fully saturated rings. The van der Waals surface area contributed by atoms with E-state index < -0.39 is 11.8 Å². The molecule has 0 aliphatic rings. The number of carboxylic acid groups (broad SMARTS) is 1. The third-order valence-corrected chi connectivity index (χ3v) is 3.50. The van der Waals surface area contributed by atoms with Crippen molar-refractivity contribution in [2.45, 2.75) is 26.2 Å². The van der Waals surface area contributed by atoms with Gasteiger partial charge in [0.15, 0.2) is 5.78 Å². The van der Waals surface area contributed by atoms with Gasteiger partial charge >= 0.3 is 5.97 Å². The van der Waals surface area contributed by atoms with Crippen molar-refractivity contribution in [2.24, 2.45) is 0 Å². The predicted octanol–water partition coefficient (Wildman–Crippen LogP) is 2.27. The summed E-state index contributed by atoms with van der Waals surface area (Å²) < 4.78 is 0. The standard InChI is InChI=1S/C18H17NO4/c1-12(20)15-4-2-3-13(9-15)5-6-14-7-8-16(19-11-14)10-17(21)18(22)23/h2-4,7-9,11H,5-6,10H2,1H3,(H,22,23). The number of hydrogen-bond donors (Lipinski definition) is 1. The van der Waals surface area contributed by atoms with Gasteiger partial charge in [0.2, 0.25) is 5.78 Å². The second-order valence-corrected chi connectivity index (χ2v) is 5.32. The topological polar surface area (TPSA) is 84.3 Å². The zero-order valence-corrected chi connectivity index (χ0v) is 12.8. The van der Waals surface area contributed by atoms with Crippen molar-refractivity contribution in [2.75, 3.05) is 0 Å². The maximum absolute atomic E-state index is 11.4. The highest BCUT2D eigenvalue weighted by Crippen LogP contribution is 2.10. The van der Waals surface area contributed by atoms with Gasteiger partial charge in [-0.2, -0.15) is 0 Å². The molecule has 1 aromatic carbocycles. The second-order valence-electron chi connectivity index (χ2n) is 5.32. The number of Topliss-reactive ketones (excluding diaryl/α,β-unsaturated/α-hetero) is 2. The molecule has 1 heterocycles. The zero-order chi connectivity index (χ0) is 16.8. The summed E-state index contributed by atoms with van der Waals surface area (Å²) in [6, 6.07) is 11.0. The van der Waals surface area contributed by atoms with Gasteiger partial charge in [-0.25, -0.2) is 4.79 Å². The number of carboxylic acids is 1. The number of carbonyl (C=O) groups is 3. The molecule has 0 atom stereocenters. The molecule has 0 bridgehead atoms. The normalized spacial score (nSPS) is 10.3. The lowest BCUT2D eigenvalue weighted by atomic mass is 10.0. The van der Waals surface area contributed by atoms with E-state index in [1.807, 2.05) is 24.3 Å². The number of benzene rings is 1. The van der Waals surface area contributed by atoms with Gasteiger partial charge in [-0.05, 0) is 43.0 Å². The number of ketones is 2. The first-order valence-electron chi connectivity index (χ1n) is 7.25. The Bertz CT molecular complexity index is 735. The quantitative estimate of drug-likeness (QED) is 0.626. The monoisotopic (exact) mass is 311 g/mol. The predicted molar refractivity (Wildman–Crippen MR) is 84.4 cm³/mol. The van der Waals surface area contributed by atoms with Crippen LogP contribution in [0.3, 0.4) is 0 Å². The summed E-state index contributed by atoms with van der Waals surface area (Å²) >= 11 is 0. The highest BCUT2D eigenvalue weighted by molar-refractivity contribution is 6.33. The SMILES string of the molecule is CC(=O)c1cccc(CCc2ccc(CC(=O)C(=O)O)nc2)c1. The third-order valence-electron chi connectivity index (χ3n) is 3.50. The molecule has 0 aliphatic carbocycles. The minimum Gasteiger partial charge on any atom is -0.475 e. The van der Waals surface area contributed by atoms with Gasteiger partial charge in [-0.1, -0.05) is 24.3 Å². The number of hydrogen-bond acceptors (Lipinski definition) is 4. The molecule has 23 heavy (non-hydrogen) atoms. The molecule has 2 rings (SSSR count). The van der Waals surface area contributed by atoms with Crippen LogP contribution in [0.1, 0.15) is 34.1 Å². The molecule has 0 unspecified atom stereocenters. The van der Waals surface area contributed by atoms with Gasteiger partial charge in [-0.3, -0.25) is 14.6 Å². The molecule has 0 amide bonds. The van der Waals surface area contributed by atoms with E-state index >= 15 is 0 Å². The summed E-state index contributed by atoms with van der Waals surface area (Å²) in [5.74, 6) is -2.27. The van der Waals surface area contributed by atoms with Gasteiger partial charge < -0.3 is 5.11 Å². The number of rotatable bonds is 7. The van der Waals surface area contributed by atoms with E-state index in [-0.39, 0.29) is 12.2 Å². The smallest absolute Gasteiger partial charge is 0.372 e.